The number of halogens is 3. The van der Waals surface area contributed by atoms with Gasteiger partial charge in [0.1, 0.15) is 0 Å². The minimum atomic E-state index is -0.214. The van der Waals surface area contributed by atoms with Gasteiger partial charge in [0.2, 0.25) is 5.01 Å². The van der Waals surface area contributed by atoms with E-state index >= 15 is 0 Å². The van der Waals surface area contributed by atoms with Crippen LogP contribution in [0.3, 0.4) is 0 Å². The third-order valence-electron chi connectivity index (χ3n) is 1.45. The first kappa shape index (κ1) is 9.73. The fourth-order valence-electron chi connectivity index (χ4n) is 0.916. The van der Waals surface area contributed by atoms with Crippen LogP contribution < -0.4 is 9.47 Å². The van der Waals surface area contributed by atoms with Gasteiger partial charge in [-0.05, 0) is 47.8 Å². The molecule has 0 radical (unpaired) electrons. The summed E-state index contributed by atoms with van der Waals surface area (Å²) < 4.78 is 11.8. The molecule has 0 aromatic carbocycles. The summed E-state index contributed by atoms with van der Waals surface area (Å²) in [5, 5.41) is -0.412. The fourth-order valence-corrected chi connectivity index (χ4v) is 1.82. The van der Waals surface area contributed by atoms with Gasteiger partial charge in [-0.1, -0.05) is 0 Å². The minimum Gasteiger partial charge on any atom is -0.469 e. The van der Waals surface area contributed by atoms with E-state index in [1.807, 2.05) is 6.07 Å². The summed E-state index contributed by atoms with van der Waals surface area (Å²) in [5.41, 5.74) is 0. The summed E-state index contributed by atoms with van der Waals surface area (Å²) in [4.78, 5) is 4.06. The maximum absolute atomic E-state index is 5.48. The number of fused-ring (bicyclic) bond motifs is 1. The van der Waals surface area contributed by atoms with Gasteiger partial charge in [-0.3, -0.25) is 0 Å². The van der Waals surface area contributed by atoms with Crippen LogP contribution in [0.15, 0.2) is 16.7 Å². The molecule has 13 heavy (non-hydrogen) atoms. The molecule has 2 rings (SSSR count). The Morgan fingerprint density at radius 1 is 1.23 bits per heavy atom. The van der Waals surface area contributed by atoms with Crippen molar-refractivity contribution in [2.24, 2.45) is 0 Å². The highest BCUT2D eigenvalue weighted by molar-refractivity contribution is 9.12. The lowest BCUT2D eigenvalue weighted by Gasteiger charge is -2.26. The van der Waals surface area contributed by atoms with Crippen molar-refractivity contribution in [3.63, 3.8) is 0 Å². The zero-order valence-corrected chi connectivity index (χ0v) is 11.0. The molecule has 0 N–H and O–H groups in total. The standard InChI is InChI=1S/C7H4Br3NO2/c8-3-1-4-7(11-2-3)13-6(10)5(9)12-4/h1-2,5-6H. The summed E-state index contributed by atoms with van der Waals surface area (Å²) in [7, 11) is 0. The van der Waals surface area contributed by atoms with Crippen molar-refractivity contribution in [1.82, 2.24) is 4.98 Å². The number of aromatic nitrogens is 1. The smallest absolute Gasteiger partial charge is 0.258 e. The lowest BCUT2D eigenvalue weighted by atomic mass is 10.4. The summed E-state index contributed by atoms with van der Waals surface area (Å²) in [6, 6.07) is 1.81. The Hall–Kier alpha value is 0.190. The van der Waals surface area contributed by atoms with Gasteiger partial charge in [0.15, 0.2) is 10.8 Å². The molecule has 1 aromatic rings. The molecule has 1 aliphatic heterocycles. The second kappa shape index (κ2) is 3.74. The van der Waals surface area contributed by atoms with E-state index in [1.54, 1.807) is 6.20 Å². The monoisotopic (exact) mass is 371 g/mol. The second-order valence-corrected chi connectivity index (χ2v) is 5.12. The van der Waals surface area contributed by atoms with E-state index in [9.17, 15) is 0 Å². The van der Waals surface area contributed by atoms with E-state index in [2.05, 4.69) is 52.8 Å². The molecule has 1 aromatic heterocycles. The summed E-state index contributed by atoms with van der Waals surface area (Å²) in [5.74, 6) is 1.13. The topological polar surface area (TPSA) is 31.4 Å². The molecule has 2 atom stereocenters. The van der Waals surface area contributed by atoms with Crippen LogP contribution in [0.2, 0.25) is 0 Å². The van der Waals surface area contributed by atoms with Crippen molar-refractivity contribution >= 4 is 47.8 Å². The Kier molecular flexibility index (Phi) is 2.80. The highest BCUT2D eigenvalue weighted by Crippen LogP contribution is 2.36. The van der Waals surface area contributed by atoms with Gasteiger partial charge in [0.25, 0.3) is 5.88 Å². The van der Waals surface area contributed by atoms with E-state index in [4.69, 9.17) is 9.47 Å². The Bertz CT molecular complexity index is 334. The van der Waals surface area contributed by atoms with Gasteiger partial charge >= 0.3 is 0 Å². The first-order chi connectivity index (χ1) is 6.16. The van der Waals surface area contributed by atoms with Crippen molar-refractivity contribution in [2.45, 2.75) is 10.0 Å². The molecule has 0 saturated heterocycles. The number of nitrogens with zero attached hydrogens (tertiary/aromatic N) is 1. The van der Waals surface area contributed by atoms with Gasteiger partial charge in [-0.15, -0.1) is 0 Å². The van der Waals surface area contributed by atoms with Crippen LogP contribution in [0.1, 0.15) is 0 Å². The molecule has 0 saturated carbocycles. The first-order valence-electron chi connectivity index (χ1n) is 3.44. The highest BCUT2D eigenvalue weighted by atomic mass is 79.9. The summed E-state index contributed by atoms with van der Waals surface area (Å²) >= 11 is 9.91. The van der Waals surface area contributed by atoms with E-state index in [0.717, 1.165) is 4.47 Å². The number of ether oxygens (including phenoxy) is 2. The van der Waals surface area contributed by atoms with Crippen LogP contribution in [0.25, 0.3) is 0 Å². The van der Waals surface area contributed by atoms with E-state index in [0.29, 0.717) is 11.6 Å². The number of pyridine rings is 1. The van der Waals surface area contributed by atoms with E-state index in [1.165, 1.54) is 0 Å². The largest absolute Gasteiger partial charge is 0.469 e. The maximum atomic E-state index is 5.48. The molecule has 6 heteroatoms. The van der Waals surface area contributed by atoms with E-state index < -0.39 is 0 Å². The van der Waals surface area contributed by atoms with Crippen LogP contribution in [0.5, 0.6) is 11.6 Å². The third kappa shape index (κ3) is 1.99. The molecule has 2 heterocycles. The first-order valence-corrected chi connectivity index (χ1v) is 6.06. The number of rotatable bonds is 0. The van der Waals surface area contributed by atoms with Gasteiger partial charge in [-0.25, -0.2) is 4.98 Å². The molecule has 0 fully saturated rings. The molecule has 0 amide bonds. The molecule has 0 bridgehead atoms. The fraction of sp³-hybridized carbons (Fsp3) is 0.286. The zero-order chi connectivity index (χ0) is 9.42. The molecule has 70 valence electrons. The molecular formula is C7H4Br3NO2. The maximum Gasteiger partial charge on any atom is 0.258 e. The van der Waals surface area contributed by atoms with Gasteiger partial charge in [-0.2, -0.15) is 0 Å². The number of alkyl halides is 2. The second-order valence-electron chi connectivity index (χ2n) is 2.39. The van der Waals surface area contributed by atoms with E-state index in [-0.39, 0.29) is 10.0 Å². The van der Waals surface area contributed by atoms with Crippen LogP contribution >= 0.6 is 47.8 Å². The highest BCUT2D eigenvalue weighted by Gasteiger charge is 2.28. The number of hydrogen-bond acceptors (Lipinski definition) is 3. The van der Waals surface area contributed by atoms with Crippen molar-refractivity contribution in [3.05, 3.63) is 16.7 Å². The van der Waals surface area contributed by atoms with Crippen LogP contribution in [0.4, 0.5) is 0 Å². The van der Waals surface area contributed by atoms with Crippen molar-refractivity contribution in [2.75, 3.05) is 0 Å². The van der Waals surface area contributed by atoms with Gasteiger partial charge < -0.3 is 9.47 Å². The summed E-state index contributed by atoms with van der Waals surface area (Å²) in [6.45, 7) is 0. The average molecular weight is 374 g/mol. The lowest BCUT2D eigenvalue weighted by molar-refractivity contribution is 0.128. The molecule has 2 unspecified atom stereocenters. The predicted molar refractivity (Wildman–Crippen MR) is 58.6 cm³/mol. The van der Waals surface area contributed by atoms with Crippen molar-refractivity contribution in [3.8, 4) is 11.6 Å². The van der Waals surface area contributed by atoms with Gasteiger partial charge in [0, 0.05) is 16.7 Å². The summed E-state index contributed by atoms with van der Waals surface area (Å²) in [6.07, 6.45) is 1.66. The Morgan fingerprint density at radius 2 is 1.92 bits per heavy atom. The molecule has 1 aliphatic rings. The molecule has 0 aliphatic carbocycles. The lowest BCUT2D eigenvalue weighted by Crippen LogP contribution is -2.30. The van der Waals surface area contributed by atoms with Crippen LogP contribution in [-0.2, 0) is 0 Å². The Balaban J connectivity index is 2.37. The molecular weight excluding hydrogens is 370 g/mol. The van der Waals surface area contributed by atoms with Gasteiger partial charge in [0.05, 0.1) is 0 Å². The SMILES string of the molecule is Brc1cnc2c(c1)OC(Br)C(Br)O2. The van der Waals surface area contributed by atoms with Crippen LogP contribution in [0, 0.1) is 0 Å². The molecule has 0 spiro atoms. The normalized spacial score (nSPS) is 25.8. The zero-order valence-electron chi connectivity index (χ0n) is 6.21. The predicted octanol–water partition coefficient (Wildman–Crippen LogP) is 3.06. The minimum absolute atomic E-state index is 0.198. The van der Waals surface area contributed by atoms with Crippen molar-refractivity contribution in [1.29, 1.82) is 0 Å². The average Bonchev–Trinajstić information content (AvgIpc) is 2.08. The third-order valence-corrected chi connectivity index (χ3v) is 3.93. The molecule has 3 nitrogen and oxygen atoms in total. The number of hydrogen-bond donors (Lipinski definition) is 0. The quantitative estimate of drug-likeness (QED) is 0.655. The van der Waals surface area contributed by atoms with Crippen molar-refractivity contribution < 1.29 is 9.47 Å². The Labute approximate surface area is 100 Å². The Morgan fingerprint density at radius 3 is 2.69 bits per heavy atom. The van der Waals surface area contributed by atoms with Crippen LogP contribution in [-0.4, -0.2) is 15.0 Å².